The summed E-state index contributed by atoms with van der Waals surface area (Å²) in [6.07, 6.45) is 7.85. The third-order valence-corrected chi connectivity index (χ3v) is 4.65. The van der Waals surface area contributed by atoms with Crippen molar-refractivity contribution in [1.82, 2.24) is 14.7 Å². The summed E-state index contributed by atoms with van der Waals surface area (Å²) in [6.45, 7) is 2.39. The molecular weight excluding hydrogens is 242 g/mol. The molecule has 4 heteroatoms. The molecule has 1 unspecified atom stereocenters. The van der Waals surface area contributed by atoms with Gasteiger partial charge in [-0.15, -0.1) is 11.3 Å². The summed E-state index contributed by atoms with van der Waals surface area (Å²) >= 11 is 1.89. The summed E-state index contributed by atoms with van der Waals surface area (Å²) in [5.74, 6) is 0. The molecule has 0 saturated carbocycles. The lowest BCUT2D eigenvalue weighted by atomic mass is 10.1. The Kier molecular flexibility index (Phi) is 3.48. The Bertz CT molecular complexity index is 489. The second kappa shape index (κ2) is 5.24. The van der Waals surface area contributed by atoms with Crippen LogP contribution >= 0.6 is 11.3 Å². The van der Waals surface area contributed by atoms with E-state index in [4.69, 9.17) is 0 Å². The number of hydrogen-bond donors (Lipinski definition) is 0. The highest BCUT2D eigenvalue weighted by molar-refractivity contribution is 7.10. The van der Waals surface area contributed by atoms with Crippen LogP contribution in [0.4, 0.5) is 0 Å². The molecule has 1 fully saturated rings. The molecular formula is C14H19N3S. The van der Waals surface area contributed by atoms with Gasteiger partial charge in [0.25, 0.3) is 0 Å². The summed E-state index contributed by atoms with van der Waals surface area (Å²) in [5.41, 5.74) is 1.34. The first-order valence-corrected chi connectivity index (χ1v) is 7.46. The zero-order valence-corrected chi connectivity index (χ0v) is 11.6. The Hall–Kier alpha value is -1.13. The fourth-order valence-electron chi connectivity index (χ4n) is 2.77. The molecule has 0 radical (unpaired) electrons. The molecule has 2 aromatic heterocycles. The average Bonchev–Trinajstić information content (AvgIpc) is 3.07. The normalized spacial score (nSPS) is 20.6. The lowest BCUT2D eigenvalue weighted by Gasteiger charge is -2.23. The maximum atomic E-state index is 4.23. The number of aryl methyl sites for hydroxylation is 1. The van der Waals surface area contributed by atoms with Crippen LogP contribution in [-0.4, -0.2) is 27.8 Å². The van der Waals surface area contributed by atoms with E-state index in [0.717, 1.165) is 13.0 Å². The minimum Gasteiger partial charge on any atom is -0.295 e. The molecule has 0 aromatic carbocycles. The van der Waals surface area contributed by atoms with Crippen LogP contribution in [0.15, 0.2) is 29.9 Å². The third kappa shape index (κ3) is 2.49. The van der Waals surface area contributed by atoms with Gasteiger partial charge in [0, 0.05) is 30.7 Å². The lowest BCUT2D eigenvalue weighted by Crippen LogP contribution is -2.25. The van der Waals surface area contributed by atoms with E-state index in [1.165, 1.54) is 29.8 Å². The average molecular weight is 261 g/mol. The van der Waals surface area contributed by atoms with Gasteiger partial charge in [0.1, 0.15) is 0 Å². The number of hydrogen-bond acceptors (Lipinski definition) is 3. The molecule has 0 aliphatic carbocycles. The predicted molar refractivity (Wildman–Crippen MR) is 74.8 cm³/mol. The largest absolute Gasteiger partial charge is 0.295 e. The Morgan fingerprint density at radius 2 is 2.44 bits per heavy atom. The van der Waals surface area contributed by atoms with Gasteiger partial charge in [0.2, 0.25) is 0 Å². The van der Waals surface area contributed by atoms with Crippen LogP contribution in [0, 0.1) is 0 Å². The SMILES string of the molecule is Cn1cc(CCN2CCCC2c2cccs2)cn1. The molecule has 1 atom stereocenters. The zero-order chi connectivity index (χ0) is 12.4. The Morgan fingerprint density at radius 1 is 1.50 bits per heavy atom. The topological polar surface area (TPSA) is 21.1 Å². The van der Waals surface area contributed by atoms with Crippen molar-refractivity contribution >= 4 is 11.3 Å². The van der Waals surface area contributed by atoms with Gasteiger partial charge < -0.3 is 0 Å². The van der Waals surface area contributed by atoms with Crippen molar-refractivity contribution in [2.45, 2.75) is 25.3 Å². The van der Waals surface area contributed by atoms with Gasteiger partial charge in [-0.2, -0.15) is 5.10 Å². The van der Waals surface area contributed by atoms with E-state index in [2.05, 4.69) is 33.7 Å². The molecule has 3 nitrogen and oxygen atoms in total. The van der Waals surface area contributed by atoms with E-state index in [1.807, 2.05) is 29.3 Å². The highest BCUT2D eigenvalue weighted by Gasteiger charge is 2.26. The maximum Gasteiger partial charge on any atom is 0.0522 e. The zero-order valence-electron chi connectivity index (χ0n) is 10.7. The first-order valence-electron chi connectivity index (χ1n) is 6.58. The van der Waals surface area contributed by atoms with Gasteiger partial charge in [-0.25, -0.2) is 0 Å². The molecule has 96 valence electrons. The first-order chi connectivity index (χ1) is 8.83. The second-order valence-corrected chi connectivity index (χ2v) is 5.96. The minimum absolute atomic E-state index is 0.654. The highest BCUT2D eigenvalue weighted by atomic mass is 32.1. The van der Waals surface area contributed by atoms with Crippen molar-refractivity contribution in [3.63, 3.8) is 0 Å². The van der Waals surface area contributed by atoms with Crippen molar-refractivity contribution in [1.29, 1.82) is 0 Å². The van der Waals surface area contributed by atoms with Crippen molar-refractivity contribution in [3.05, 3.63) is 40.3 Å². The van der Waals surface area contributed by atoms with Gasteiger partial charge in [0.05, 0.1) is 6.20 Å². The summed E-state index contributed by atoms with van der Waals surface area (Å²) in [6, 6.07) is 5.09. The van der Waals surface area contributed by atoms with Crippen molar-refractivity contribution in [2.24, 2.45) is 7.05 Å². The van der Waals surface area contributed by atoms with Gasteiger partial charge in [0.15, 0.2) is 0 Å². The number of rotatable bonds is 4. The van der Waals surface area contributed by atoms with Crippen LogP contribution in [0.3, 0.4) is 0 Å². The molecule has 1 aliphatic heterocycles. The molecule has 3 rings (SSSR count). The van der Waals surface area contributed by atoms with E-state index >= 15 is 0 Å². The Balaban J connectivity index is 1.62. The molecule has 0 N–H and O–H groups in total. The molecule has 1 aliphatic rings. The van der Waals surface area contributed by atoms with Crippen LogP contribution in [-0.2, 0) is 13.5 Å². The predicted octanol–water partition coefficient (Wildman–Crippen LogP) is 2.86. The third-order valence-electron chi connectivity index (χ3n) is 3.68. The molecule has 0 spiro atoms. The quantitative estimate of drug-likeness (QED) is 0.844. The van der Waals surface area contributed by atoms with Gasteiger partial charge in [-0.3, -0.25) is 9.58 Å². The van der Waals surface area contributed by atoms with E-state index in [1.54, 1.807) is 0 Å². The molecule has 1 saturated heterocycles. The van der Waals surface area contributed by atoms with Crippen LogP contribution in [0.5, 0.6) is 0 Å². The first kappa shape index (κ1) is 11.9. The van der Waals surface area contributed by atoms with Crippen LogP contribution in [0.2, 0.25) is 0 Å². The highest BCUT2D eigenvalue weighted by Crippen LogP contribution is 2.34. The Morgan fingerprint density at radius 3 is 3.17 bits per heavy atom. The van der Waals surface area contributed by atoms with Crippen molar-refractivity contribution < 1.29 is 0 Å². The van der Waals surface area contributed by atoms with E-state index < -0.39 is 0 Å². The van der Waals surface area contributed by atoms with E-state index in [0.29, 0.717) is 6.04 Å². The summed E-state index contributed by atoms with van der Waals surface area (Å²) < 4.78 is 1.88. The standard InChI is InChI=1S/C14H19N3S/c1-16-11-12(10-15-16)6-8-17-7-2-4-13(17)14-5-3-9-18-14/h3,5,9-11,13H,2,4,6-8H2,1H3. The molecule has 18 heavy (non-hydrogen) atoms. The van der Waals surface area contributed by atoms with Gasteiger partial charge >= 0.3 is 0 Å². The smallest absolute Gasteiger partial charge is 0.0522 e. The molecule has 3 heterocycles. The molecule has 2 aromatic rings. The molecule has 0 amide bonds. The van der Waals surface area contributed by atoms with E-state index in [9.17, 15) is 0 Å². The van der Waals surface area contributed by atoms with Crippen LogP contribution in [0.25, 0.3) is 0 Å². The molecule has 0 bridgehead atoms. The fourth-order valence-corrected chi connectivity index (χ4v) is 3.67. The van der Waals surface area contributed by atoms with Crippen LogP contribution < -0.4 is 0 Å². The number of nitrogens with zero attached hydrogens (tertiary/aromatic N) is 3. The number of thiophene rings is 1. The summed E-state index contributed by atoms with van der Waals surface area (Å²) in [7, 11) is 1.98. The summed E-state index contributed by atoms with van der Waals surface area (Å²) in [4.78, 5) is 4.15. The van der Waals surface area contributed by atoms with Gasteiger partial charge in [-0.1, -0.05) is 6.07 Å². The Labute approximate surface area is 112 Å². The second-order valence-electron chi connectivity index (χ2n) is 4.98. The van der Waals surface area contributed by atoms with Crippen molar-refractivity contribution in [3.8, 4) is 0 Å². The number of likely N-dealkylation sites (tertiary alicyclic amines) is 1. The van der Waals surface area contributed by atoms with Crippen molar-refractivity contribution in [2.75, 3.05) is 13.1 Å². The monoisotopic (exact) mass is 261 g/mol. The minimum atomic E-state index is 0.654. The van der Waals surface area contributed by atoms with E-state index in [-0.39, 0.29) is 0 Å². The van der Waals surface area contributed by atoms with Gasteiger partial charge in [-0.05, 0) is 42.8 Å². The summed E-state index contributed by atoms with van der Waals surface area (Å²) in [5, 5.41) is 6.42. The van der Waals surface area contributed by atoms with Crippen LogP contribution in [0.1, 0.15) is 29.3 Å². The number of aromatic nitrogens is 2. The lowest BCUT2D eigenvalue weighted by molar-refractivity contribution is 0.264. The maximum absolute atomic E-state index is 4.23. The fraction of sp³-hybridized carbons (Fsp3) is 0.500.